The van der Waals surface area contributed by atoms with Crippen LogP contribution in [-0.4, -0.2) is 36.5 Å². The highest BCUT2D eigenvalue weighted by molar-refractivity contribution is 7.80. The number of anilines is 2. The number of benzene rings is 3. The summed E-state index contributed by atoms with van der Waals surface area (Å²) in [4.78, 5) is 2.58. The fourth-order valence-electron chi connectivity index (χ4n) is 5.27. The average Bonchev–Trinajstić information content (AvgIpc) is 2.84. The minimum Gasteiger partial charge on any atom is -0.395 e. The Kier molecular flexibility index (Phi) is 6.10. The van der Waals surface area contributed by atoms with Crippen LogP contribution >= 0.6 is 12.2 Å². The fourth-order valence-corrected chi connectivity index (χ4v) is 5.49. The van der Waals surface area contributed by atoms with Crippen LogP contribution < -0.4 is 15.5 Å². The first-order valence-electron chi connectivity index (χ1n) is 11.4. The number of nitrogens with zero attached hydrogens (tertiary/aromatic N) is 1. The Morgan fingerprint density at radius 3 is 1.91 bits per heavy atom. The molecule has 32 heavy (non-hydrogen) atoms. The monoisotopic (exact) mass is 443 g/mol. The summed E-state index contributed by atoms with van der Waals surface area (Å²) >= 11 is 5.47. The zero-order valence-corrected chi connectivity index (χ0v) is 18.9. The van der Waals surface area contributed by atoms with Crippen molar-refractivity contribution >= 4 is 28.7 Å². The highest BCUT2D eigenvalue weighted by Gasteiger charge is 2.35. The normalized spacial score (nSPS) is 19.2. The third-order valence-corrected chi connectivity index (χ3v) is 6.92. The van der Waals surface area contributed by atoms with E-state index < -0.39 is 0 Å². The van der Waals surface area contributed by atoms with Gasteiger partial charge in [0.15, 0.2) is 5.11 Å². The van der Waals surface area contributed by atoms with Crippen molar-refractivity contribution < 1.29 is 5.11 Å². The van der Waals surface area contributed by atoms with Crippen LogP contribution in [0.2, 0.25) is 0 Å². The van der Waals surface area contributed by atoms with Gasteiger partial charge in [-0.3, -0.25) is 0 Å². The Morgan fingerprint density at radius 1 is 0.875 bits per heavy atom. The minimum atomic E-state index is 0.0539. The van der Waals surface area contributed by atoms with Crippen molar-refractivity contribution in [3.05, 3.63) is 95.1 Å². The van der Waals surface area contributed by atoms with Crippen molar-refractivity contribution in [3.63, 3.8) is 0 Å². The molecule has 0 spiro atoms. The Bertz CT molecular complexity index is 1010. The summed E-state index contributed by atoms with van der Waals surface area (Å²) in [5.74, 6) is 0.743. The molecular weight excluding hydrogens is 414 g/mol. The summed E-state index contributed by atoms with van der Waals surface area (Å²) in [5, 5.41) is 16.1. The van der Waals surface area contributed by atoms with Gasteiger partial charge in [-0.1, -0.05) is 60.7 Å². The number of hydrogen-bond acceptors (Lipinski definition) is 3. The molecule has 0 bridgehead atoms. The number of aliphatic hydroxyl groups is 1. The van der Waals surface area contributed by atoms with E-state index in [9.17, 15) is 0 Å². The van der Waals surface area contributed by atoms with Crippen molar-refractivity contribution in [2.45, 2.75) is 24.7 Å². The Balaban J connectivity index is 1.62. The van der Waals surface area contributed by atoms with Crippen LogP contribution in [0.1, 0.15) is 46.9 Å². The SMILES string of the molecule is OCCNC(=S)Nc1cc2c3c(c1)C(c1ccccc1)CCN3CCC2c1ccccc1. The van der Waals surface area contributed by atoms with Gasteiger partial charge in [-0.05, 0) is 59.4 Å². The van der Waals surface area contributed by atoms with Crippen molar-refractivity contribution in [1.82, 2.24) is 5.32 Å². The van der Waals surface area contributed by atoms with Crippen LogP contribution in [0.15, 0.2) is 72.8 Å². The summed E-state index contributed by atoms with van der Waals surface area (Å²) in [6.07, 6.45) is 2.23. The number of nitrogens with one attached hydrogen (secondary N) is 2. The van der Waals surface area contributed by atoms with Crippen LogP contribution in [0, 0.1) is 0 Å². The quantitative estimate of drug-likeness (QED) is 0.493. The summed E-state index contributed by atoms with van der Waals surface area (Å²) in [5.41, 5.74) is 7.93. The number of hydrogen-bond donors (Lipinski definition) is 3. The summed E-state index contributed by atoms with van der Waals surface area (Å²) in [6, 6.07) is 26.3. The molecule has 0 aromatic heterocycles. The Labute approximate surface area is 195 Å². The molecule has 0 fully saturated rings. The number of aliphatic hydroxyl groups excluding tert-OH is 1. The van der Waals surface area contributed by atoms with Gasteiger partial charge in [-0.2, -0.15) is 0 Å². The second kappa shape index (κ2) is 9.31. The molecule has 2 heterocycles. The van der Waals surface area contributed by atoms with Crippen molar-refractivity contribution in [1.29, 1.82) is 0 Å². The largest absolute Gasteiger partial charge is 0.395 e. The molecule has 0 saturated carbocycles. The molecular formula is C27H29N3OS. The Morgan fingerprint density at radius 2 is 1.41 bits per heavy atom. The maximum Gasteiger partial charge on any atom is 0.170 e. The van der Waals surface area contributed by atoms with E-state index in [1.165, 1.54) is 27.9 Å². The van der Waals surface area contributed by atoms with Gasteiger partial charge in [0.05, 0.1) is 6.61 Å². The van der Waals surface area contributed by atoms with Crippen LogP contribution in [0.3, 0.4) is 0 Å². The van der Waals surface area contributed by atoms with Crippen LogP contribution in [0.25, 0.3) is 0 Å². The second-order valence-electron chi connectivity index (χ2n) is 8.60. The van der Waals surface area contributed by atoms with E-state index >= 15 is 0 Å². The highest BCUT2D eigenvalue weighted by atomic mass is 32.1. The van der Waals surface area contributed by atoms with E-state index in [0.717, 1.165) is 31.6 Å². The summed E-state index contributed by atoms with van der Waals surface area (Å²) in [6.45, 7) is 2.67. The molecule has 0 amide bonds. The van der Waals surface area contributed by atoms with E-state index in [1.54, 1.807) is 0 Å². The lowest BCUT2D eigenvalue weighted by atomic mass is 9.76. The highest BCUT2D eigenvalue weighted by Crippen LogP contribution is 2.49. The van der Waals surface area contributed by atoms with Gasteiger partial charge in [-0.15, -0.1) is 0 Å². The summed E-state index contributed by atoms with van der Waals surface area (Å²) in [7, 11) is 0. The van der Waals surface area contributed by atoms with E-state index in [1.807, 2.05) is 0 Å². The summed E-state index contributed by atoms with van der Waals surface area (Å²) < 4.78 is 0. The van der Waals surface area contributed by atoms with Crippen LogP contribution in [-0.2, 0) is 0 Å². The first kappa shape index (κ1) is 21.0. The molecule has 2 atom stereocenters. The number of rotatable bonds is 5. The van der Waals surface area contributed by atoms with Gasteiger partial charge in [0.25, 0.3) is 0 Å². The van der Waals surface area contributed by atoms with Crippen LogP contribution in [0.5, 0.6) is 0 Å². The van der Waals surface area contributed by atoms with Crippen LogP contribution in [0.4, 0.5) is 11.4 Å². The lowest BCUT2D eigenvalue weighted by molar-refractivity contribution is 0.301. The molecule has 2 aliphatic heterocycles. The molecule has 3 aromatic carbocycles. The average molecular weight is 444 g/mol. The smallest absolute Gasteiger partial charge is 0.170 e. The van der Waals surface area contributed by atoms with E-state index in [-0.39, 0.29) is 6.61 Å². The van der Waals surface area contributed by atoms with Gasteiger partial charge in [0, 0.05) is 42.8 Å². The standard InChI is InChI=1S/C27H29N3OS/c31-16-13-28-27(32)29-21-17-24-22(19-7-3-1-4-8-19)11-14-30-15-12-23(25(18-21)26(24)30)20-9-5-2-6-10-20/h1-10,17-18,22-23,31H,11-16H2,(H2,28,29,32). The third-order valence-electron chi connectivity index (χ3n) is 6.67. The maximum absolute atomic E-state index is 9.12. The van der Waals surface area contributed by atoms with Gasteiger partial charge >= 0.3 is 0 Å². The predicted molar refractivity (Wildman–Crippen MR) is 136 cm³/mol. The molecule has 5 heteroatoms. The van der Waals surface area contributed by atoms with Gasteiger partial charge in [-0.25, -0.2) is 0 Å². The third kappa shape index (κ3) is 4.10. The molecule has 0 aliphatic carbocycles. The predicted octanol–water partition coefficient (Wildman–Crippen LogP) is 4.84. The molecule has 0 saturated heterocycles. The van der Waals surface area contributed by atoms with Crippen molar-refractivity contribution in [2.24, 2.45) is 0 Å². The van der Waals surface area contributed by atoms with E-state index in [0.29, 0.717) is 23.5 Å². The molecule has 3 aromatic rings. The molecule has 3 N–H and O–H groups in total. The lowest BCUT2D eigenvalue weighted by Gasteiger charge is -2.43. The van der Waals surface area contributed by atoms with Crippen molar-refractivity contribution in [3.8, 4) is 0 Å². The van der Waals surface area contributed by atoms with Gasteiger partial charge in [0.2, 0.25) is 0 Å². The zero-order chi connectivity index (χ0) is 21.9. The molecule has 4 nitrogen and oxygen atoms in total. The van der Waals surface area contributed by atoms with E-state index in [2.05, 4.69) is 88.3 Å². The molecule has 2 unspecified atom stereocenters. The lowest BCUT2D eigenvalue weighted by Crippen LogP contribution is -2.38. The number of thiocarbonyl (C=S) groups is 1. The zero-order valence-electron chi connectivity index (χ0n) is 18.1. The molecule has 2 aliphatic rings. The van der Waals surface area contributed by atoms with E-state index in [4.69, 9.17) is 17.3 Å². The molecule has 5 rings (SSSR count). The Hall–Kier alpha value is -2.89. The minimum absolute atomic E-state index is 0.0539. The topological polar surface area (TPSA) is 47.5 Å². The van der Waals surface area contributed by atoms with Crippen molar-refractivity contribution in [2.75, 3.05) is 36.5 Å². The maximum atomic E-state index is 9.12. The molecule has 0 radical (unpaired) electrons. The molecule has 164 valence electrons. The first-order valence-corrected chi connectivity index (χ1v) is 11.8. The second-order valence-corrected chi connectivity index (χ2v) is 9.01. The van der Waals surface area contributed by atoms with Gasteiger partial charge < -0.3 is 20.6 Å². The first-order chi connectivity index (χ1) is 15.7. The fraction of sp³-hybridized carbons (Fsp3) is 0.296. The van der Waals surface area contributed by atoms with Gasteiger partial charge in [0.1, 0.15) is 0 Å².